The van der Waals surface area contributed by atoms with Gasteiger partial charge in [-0.15, -0.1) is 11.8 Å². The molecule has 1 aliphatic heterocycles. The minimum absolute atomic E-state index is 0.0543. The minimum atomic E-state index is -1.97. The summed E-state index contributed by atoms with van der Waals surface area (Å²) >= 11 is 1.50. The van der Waals surface area contributed by atoms with Crippen LogP contribution in [0, 0.1) is 19.7 Å². The molecule has 0 spiro atoms. The quantitative estimate of drug-likeness (QED) is 0.215. The maximum Gasteiger partial charge on any atom is 0.351 e. The first-order valence-corrected chi connectivity index (χ1v) is 17.6. The average molecular weight is 608 g/mol. The number of thioether (sulfide) groups is 1. The number of hydrogen-bond acceptors (Lipinski definition) is 8. The number of ether oxygens (including phenoxy) is 2. The third-order valence-electron chi connectivity index (χ3n) is 7.57. The van der Waals surface area contributed by atoms with Crippen LogP contribution in [0.4, 0.5) is 10.2 Å². The van der Waals surface area contributed by atoms with Crippen molar-refractivity contribution in [2.45, 2.75) is 97.0 Å². The molecule has 1 fully saturated rings. The molecule has 1 aliphatic rings. The molecule has 226 valence electrons. The van der Waals surface area contributed by atoms with Gasteiger partial charge in [0.1, 0.15) is 17.4 Å². The number of carbonyl (C=O) groups is 2. The molecule has 2 aromatic rings. The van der Waals surface area contributed by atoms with Gasteiger partial charge in [0.25, 0.3) is 0 Å². The number of halogens is 1. The lowest BCUT2D eigenvalue weighted by Gasteiger charge is -2.36. The number of aryl methyl sites for hydroxylation is 2. The van der Waals surface area contributed by atoms with Crippen molar-refractivity contribution >= 4 is 37.8 Å². The third-order valence-corrected chi connectivity index (χ3v) is 13.2. The van der Waals surface area contributed by atoms with Gasteiger partial charge in [0.15, 0.2) is 20.0 Å². The van der Waals surface area contributed by atoms with Crippen LogP contribution >= 0.6 is 11.8 Å². The topological polar surface area (TPSA) is 109 Å². The molecule has 9 nitrogen and oxygen atoms in total. The van der Waals surface area contributed by atoms with Crippen LogP contribution in [0.3, 0.4) is 0 Å². The maximum absolute atomic E-state index is 15.1. The van der Waals surface area contributed by atoms with Crippen molar-refractivity contribution in [1.82, 2.24) is 9.55 Å². The molecule has 2 atom stereocenters. The molecule has 41 heavy (non-hydrogen) atoms. The van der Waals surface area contributed by atoms with Crippen molar-refractivity contribution in [2.24, 2.45) is 0 Å². The second kappa shape index (κ2) is 12.4. The van der Waals surface area contributed by atoms with E-state index in [0.717, 1.165) is 21.9 Å². The summed E-state index contributed by atoms with van der Waals surface area (Å²) in [6, 6.07) is 3.69. The molecule has 0 unspecified atom stereocenters. The Balaban J connectivity index is 1.71. The van der Waals surface area contributed by atoms with Crippen molar-refractivity contribution in [3.05, 3.63) is 51.3 Å². The van der Waals surface area contributed by atoms with E-state index in [-0.39, 0.29) is 16.9 Å². The first kappa shape index (κ1) is 33.0. The van der Waals surface area contributed by atoms with E-state index in [2.05, 4.69) is 44.2 Å². The van der Waals surface area contributed by atoms with Gasteiger partial charge in [0.2, 0.25) is 5.91 Å². The summed E-state index contributed by atoms with van der Waals surface area (Å²) in [7, 11) is -1.97. The van der Waals surface area contributed by atoms with Gasteiger partial charge >= 0.3 is 11.7 Å². The van der Waals surface area contributed by atoms with Gasteiger partial charge in [0.05, 0.1) is 12.8 Å². The molecule has 1 N–H and O–H groups in total. The Hall–Kier alpha value is -2.54. The van der Waals surface area contributed by atoms with Gasteiger partial charge in [-0.3, -0.25) is 14.2 Å². The summed E-state index contributed by atoms with van der Waals surface area (Å²) in [4.78, 5) is 41.3. The zero-order chi connectivity index (χ0) is 30.9. The van der Waals surface area contributed by atoms with Gasteiger partial charge in [-0.1, -0.05) is 40.7 Å². The Bertz CT molecular complexity index is 1370. The SMILES string of the molecule is CC(=O)Oc1cc(C)cc(C)c1C(C)(C)CC(=O)Nc1nc(=O)n([C@@H]2CS[C@H](CO[Si](C)(C)C(C)(C)C)O2)cc1F. The molecule has 0 aliphatic carbocycles. The number of amides is 1. The summed E-state index contributed by atoms with van der Waals surface area (Å²) in [6.45, 7) is 19.9. The van der Waals surface area contributed by atoms with Crippen LogP contribution in [0.25, 0.3) is 0 Å². The van der Waals surface area contributed by atoms with Crippen LogP contribution in [0.2, 0.25) is 18.1 Å². The van der Waals surface area contributed by atoms with Gasteiger partial charge in [0, 0.05) is 30.1 Å². The first-order chi connectivity index (χ1) is 18.8. The summed E-state index contributed by atoms with van der Waals surface area (Å²) in [5.41, 5.74) is 0.660. The molecule has 12 heteroatoms. The van der Waals surface area contributed by atoms with E-state index in [1.165, 1.54) is 18.7 Å². The number of aromatic nitrogens is 2. The van der Waals surface area contributed by atoms with Gasteiger partial charge in [-0.05, 0) is 49.2 Å². The van der Waals surface area contributed by atoms with Gasteiger partial charge < -0.3 is 19.2 Å². The fraction of sp³-hybridized carbons (Fsp3) is 0.586. The normalized spacial score (nSPS) is 17.9. The smallest absolute Gasteiger partial charge is 0.351 e. The molecule has 1 saturated heterocycles. The van der Waals surface area contributed by atoms with Crippen LogP contribution < -0.4 is 15.7 Å². The molecule has 1 amide bonds. The van der Waals surface area contributed by atoms with E-state index in [9.17, 15) is 14.4 Å². The Morgan fingerprint density at radius 3 is 2.49 bits per heavy atom. The Morgan fingerprint density at radius 1 is 1.22 bits per heavy atom. The second-order valence-corrected chi connectivity index (χ2v) is 18.7. The molecule has 0 saturated carbocycles. The number of anilines is 1. The highest BCUT2D eigenvalue weighted by atomic mass is 32.2. The summed E-state index contributed by atoms with van der Waals surface area (Å²) < 4.78 is 33.8. The highest BCUT2D eigenvalue weighted by Gasteiger charge is 2.39. The number of esters is 1. The van der Waals surface area contributed by atoms with Crippen molar-refractivity contribution in [3.63, 3.8) is 0 Å². The first-order valence-electron chi connectivity index (χ1n) is 13.6. The molecule has 1 aromatic heterocycles. The molecular weight excluding hydrogens is 565 g/mol. The van der Waals surface area contributed by atoms with E-state index in [1.54, 1.807) is 6.07 Å². The van der Waals surface area contributed by atoms with E-state index in [0.29, 0.717) is 23.7 Å². The van der Waals surface area contributed by atoms with E-state index < -0.39 is 49.2 Å². The number of rotatable bonds is 9. The molecule has 0 radical (unpaired) electrons. The van der Waals surface area contributed by atoms with Crippen LogP contribution in [-0.4, -0.2) is 47.5 Å². The highest BCUT2D eigenvalue weighted by molar-refractivity contribution is 8.00. The van der Waals surface area contributed by atoms with Crippen molar-refractivity contribution < 1.29 is 27.9 Å². The number of hydrogen-bond donors (Lipinski definition) is 1. The average Bonchev–Trinajstić information content (AvgIpc) is 3.26. The minimum Gasteiger partial charge on any atom is -0.426 e. The Labute approximate surface area is 246 Å². The van der Waals surface area contributed by atoms with Crippen LogP contribution in [0.1, 0.15) is 70.9 Å². The fourth-order valence-corrected chi connectivity index (χ4v) is 6.72. The summed E-state index contributed by atoms with van der Waals surface area (Å²) in [6.07, 6.45) is 0.241. The number of carbonyl (C=O) groups excluding carboxylic acids is 2. The fourth-order valence-electron chi connectivity index (χ4n) is 4.61. The second-order valence-electron chi connectivity index (χ2n) is 12.7. The lowest BCUT2D eigenvalue weighted by atomic mass is 9.78. The monoisotopic (exact) mass is 607 g/mol. The van der Waals surface area contributed by atoms with Crippen molar-refractivity contribution in [3.8, 4) is 5.75 Å². The highest BCUT2D eigenvalue weighted by Crippen LogP contribution is 2.40. The van der Waals surface area contributed by atoms with E-state index >= 15 is 4.39 Å². The lowest BCUT2D eigenvalue weighted by molar-refractivity contribution is -0.131. The number of nitrogens with one attached hydrogen (secondary N) is 1. The third kappa shape index (κ3) is 8.06. The molecule has 0 bridgehead atoms. The zero-order valence-corrected chi connectivity index (χ0v) is 27.5. The van der Waals surface area contributed by atoms with Gasteiger partial charge in [-0.25, -0.2) is 9.18 Å². The van der Waals surface area contributed by atoms with Crippen LogP contribution in [0.5, 0.6) is 5.75 Å². The number of nitrogens with zero attached hydrogens (tertiary/aromatic N) is 2. The molecular formula is C29H42FN3O6SSi. The number of benzene rings is 1. The van der Waals surface area contributed by atoms with E-state index in [1.807, 2.05) is 33.8 Å². The van der Waals surface area contributed by atoms with Crippen molar-refractivity contribution in [1.29, 1.82) is 0 Å². The molecule has 3 rings (SSSR count). The predicted molar refractivity (Wildman–Crippen MR) is 161 cm³/mol. The van der Waals surface area contributed by atoms with Crippen LogP contribution in [0.15, 0.2) is 23.1 Å². The maximum atomic E-state index is 15.1. The standard InChI is InChI=1S/C29H42FN3O6SSi/c1-17-11-18(2)25(21(12-17)38-19(3)34)29(7,8)13-22(35)31-26-20(30)14-33(27(36)32-26)23-16-40-24(39-23)15-37-41(9,10)28(4,5)6/h11-12,14,23-24H,13,15-16H2,1-10H3,(H,31,32,35,36)/t23-,24+/m0/s1. The van der Waals surface area contributed by atoms with Gasteiger partial charge in [-0.2, -0.15) is 4.98 Å². The summed E-state index contributed by atoms with van der Waals surface area (Å²) in [5.74, 6) is -1.49. The zero-order valence-electron chi connectivity index (χ0n) is 25.6. The lowest BCUT2D eigenvalue weighted by Crippen LogP contribution is -2.42. The molecule has 1 aromatic carbocycles. The largest absolute Gasteiger partial charge is 0.426 e. The molecule has 2 heterocycles. The van der Waals surface area contributed by atoms with E-state index in [4.69, 9.17) is 13.9 Å². The van der Waals surface area contributed by atoms with Crippen LogP contribution in [-0.2, 0) is 24.2 Å². The Kier molecular flexibility index (Phi) is 9.94. The van der Waals surface area contributed by atoms with Crippen molar-refractivity contribution in [2.75, 3.05) is 17.7 Å². The predicted octanol–water partition coefficient (Wildman–Crippen LogP) is 5.84. The summed E-state index contributed by atoms with van der Waals surface area (Å²) in [5, 5.41) is 2.49. The Morgan fingerprint density at radius 2 is 1.88 bits per heavy atom.